The number of amides is 1. The van der Waals surface area contributed by atoms with E-state index in [0.29, 0.717) is 9.48 Å². The summed E-state index contributed by atoms with van der Waals surface area (Å²) in [6.07, 6.45) is 3.15. The van der Waals surface area contributed by atoms with Gasteiger partial charge in [-0.15, -0.1) is 11.3 Å². The van der Waals surface area contributed by atoms with Gasteiger partial charge in [-0.2, -0.15) is 0 Å². The molecule has 0 aliphatic carbocycles. The molecule has 0 unspecified atom stereocenters. The first kappa shape index (κ1) is 14.9. The number of hydrogen-bond acceptors (Lipinski definition) is 7. The van der Waals surface area contributed by atoms with Crippen LogP contribution >= 0.6 is 34.7 Å². The van der Waals surface area contributed by atoms with Crippen molar-refractivity contribution in [2.75, 3.05) is 6.26 Å². The van der Waals surface area contributed by atoms with E-state index in [-0.39, 0.29) is 11.7 Å². The average Bonchev–Trinajstić information content (AvgIpc) is 2.68. The Labute approximate surface area is 116 Å². The lowest BCUT2D eigenvalue weighted by Crippen LogP contribution is -2.38. The Bertz CT molecular complexity index is 476. The van der Waals surface area contributed by atoms with Crippen LogP contribution in [0.5, 0.6) is 0 Å². The first-order chi connectivity index (χ1) is 8.45. The van der Waals surface area contributed by atoms with Crippen LogP contribution in [0.15, 0.2) is 11.2 Å². The highest BCUT2D eigenvalue weighted by Gasteiger charge is 2.26. The predicted molar refractivity (Wildman–Crippen MR) is 71.3 cm³/mol. The van der Waals surface area contributed by atoms with E-state index in [0.717, 1.165) is 23.6 Å². The Kier molecular flexibility index (Phi) is 5.51. The van der Waals surface area contributed by atoms with Crippen LogP contribution in [0, 0.1) is 10.1 Å². The number of halogens is 1. The zero-order chi connectivity index (χ0) is 13.7. The van der Waals surface area contributed by atoms with E-state index in [4.69, 9.17) is 11.6 Å². The molecule has 0 bridgehead atoms. The largest absolute Gasteiger partial charge is 0.289 e. The van der Waals surface area contributed by atoms with Gasteiger partial charge in [-0.1, -0.05) is 23.4 Å². The van der Waals surface area contributed by atoms with Gasteiger partial charge in [0, 0.05) is 18.0 Å². The number of thiazole rings is 1. The van der Waals surface area contributed by atoms with Gasteiger partial charge in [-0.05, 0) is 11.3 Å². The topological polar surface area (TPSA) is 88.7 Å². The summed E-state index contributed by atoms with van der Waals surface area (Å²) in [5, 5.41) is 10.4. The predicted octanol–water partition coefficient (Wildman–Crippen LogP) is 2.06. The minimum Gasteiger partial charge on any atom is -0.268 e. The second kappa shape index (κ2) is 6.66. The van der Waals surface area contributed by atoms with E-state index in [1.54, 1.807) is 12.5 Å². The molecule has 0 aromatic carbocycles. The molecule has 0 aliphatic rings. The summed E-state index contributed by atoms with van der Waals surface area (Å²) >= 11 is 7.91. The quantitative estimate of drug-likeness (QED) is 0.369. The molecular formula is C8H9ClN4O3S2. The second-order valence-electron chi connectivity index (χ2n) is 2.95. The molecule has 0 N–H and O–H groups in total. The lowest BCUT2D eigenvalue weighted by atomic mass is 10.5. The van der Waals surface area contributed by atoms with Crippen molar-refractivity contribution in [1.29, 1.82) is 0 Å². The number of carbonyl (C=O) groups excluding carboxylic acids is 1. The van der Waals surface area contributed by atoms with Gasteiger partial charge in [-0.25, -0.2) is 15.1 Å². The number of rotatable bonds is 3. The number of aliphatic imine (C=N–C) groups is 1. The van der Waals surface area contributed by atoms with Gasteiger partial charge in [0.25, 0.3) is 5.91 Å². The van der Waals surface area contributed by atoms with Crippen LogP contribution in [0.2, 0.25) is 4.47 Å². The van der Waals surface area contributed by atoms with Gasteiger partial charge in [0.1, 0.15) is 0 Å². The number of aromatic nitrogens is 1. The Hall–Kier alpha value is -1.19. The van der Waals surface area contributed by atoms with Crippen LogP contribution in [0.1, 0.15) is 11.8 Å². The summed E-state index contributed by atoms with van der Waals surface area (Å²) < 4.78 is 0.378. The van der Waals surface area contributed by atoms with Gasteiger partial charge in [0.2, 0.25) is 5.17 Å². The fourth-order valence-corrected chi connectivity index (χ4v) is 2.50. The average molecular weight is 309 g/mol. The highest BCUT2D eigenvalue weighted by Crippen LogP contribution is 2.19. The van der Waals surface area contributed by atoms with Crippen molar-refractivity contribution < 1.29 is 9.83 Å². The van der Waals surface area contributed by atoms with Crippen molar-refractivity contribution in [3.8, 4) is 0 Å². The van der Waals surface area contributed by atoms with Crippen LogP contribution in [0.3, 0.4) is 0 Å². The number of nitrogens with zero attached hydrogens (tertiary/aromatic N) is 4. The van der Waals surface area contributed by atoms with Crippen LogP contribution in [-0.2, 0) is 11.3 Å². The zero-order valence-corrected chi connectivity index (χ0v) is 11.9. The lowest BCUT2D eigenvalue weighted by Gasteiger charge is -2.10. The minimum atomic E-state index is -0.794. The summed E-state index contributed by atoms with van der Waals surface area (Å²) in [6, 6.07) is 0. The third kappa shape index (κ3) is 3.93. The molecule has 0 saturated carbocycles. The first-order valence-electron chi connectivity index (χ1n) is 4.59. The number of amidine groups is 1. The molecule has 0 spiro atoms. The molecule has 1 rings (SSSR count). The van der Waals surface area contributed by atoms with Gasteiger partial charge in [0.15, 0.2) is 9.50 Å². The first-order valence-corrected chi connectivity index (χ1v) is 7.01. The van der Waals surface area contributed by atoms with Gasteiger partial charge in [-0.3, -0.25) is 9.79 Å². The molecule has 1 aromatic rings. The minimum absolute atomic E-state index is 0.0250. The number of carbonyl (C=O) groups is 1. The molecule has 1 amide bonds. The Morgan fingerprint density at radius 2 is 2.44 bits per heavy atom. The molecule has 1 heterocycles. The second-order valence-corrected chi connectivity index (χ2v) is 5.42. The Balaban J connectivity index is 2.87. The molecule has 10 heteroatoms. The maximum absolute atomic E-state index is 11.2. The molecule has 7 nitrogen and oxygen atoms in total. The van der Waals surface area contributed by atoms with Crippen molar-refractivity contribution in [3.63, 3.8) is 0 Å². The van der Waals surface area contributed by atoms with Gasteiger partial charge >= 0.3 is 0 Å². The molecule has 0 atom stereocenters. The van der Waals surface area contributed by atoms with E-state index in [9.17, 15) is 14.9 Å². The van der Waals surface area contributed by atoms with E-state index in [2.05, 4.69) is 9.98 Å². The summed E-state index contributed by atoms with van der Waals surface area (Å²) in [5.74, 6) is -0.699. The van der Waals surface area contributed by atoms with Crippen LogP contribution in [-0.4, -0.2) is 32.4 Å². The zero-order valence-electron chi connectivity index (χ0n) is 9.49. The highest BCUT2D eigenvalue weighted by molar-refractivity contribution is 8.13. The van der Waals surface area contributed by atoms with Crippen LogP contribution in [0.25, 0.3) is 0 Å². The fourth-order valence-electron chi connectivity index (χ4n) is 1.04. The van der Waals surface area contributed by atoms with E-state index < -0.39 is 10.9 Å². The summed E-state index contributed by atoms with van der Waals surface area (Å²) in [7, 11) is 0. The van der Waals surface area contributed by atoms with Crippen molar-refractivity contribution in [3.05, 3.63) is 25.7 Å². The highest BCUT2D eigenvalue weighted by atomic mass is 35.5. The van der Waals surface area contributed by atoms with E-state index in [1.807, 2.05) is 0 Å². The summed E-state index contributed by atoms with van der Waals surface area (Å²) in [6.45, 7) is 1.30. The molecule has 1 aromatic heterocycles. The Morgan fingerprint density at radius 1 is 1.78 bits per heavy atom. The smallest absolute Gasteiger partial charge is 0.268 e. The maximum Gasteiger partial charge on any atom is 0.289 e. The third-order valence-electron chi connectivity index (χ3n) is 1.72. The number of hydrazine groups is 1. The molecule has 0 aliphatic heterocycles. The molecule has 0 saturated heterocycles. The van der Waals surface area contributed by atoms with Gasteiger partial charge in [0.05, 0.1) is 6.54 Å². The monoisotopic (exact) mass is 308 g/mol. The number of hydrogen-bond donors (Lipinski definition) is 0. The number of nitro groups is 1. The van der Waals surface area contributed by atoms with E-state index >= 15 is 0 Å². The molecule has 98 valence electrons. The van der Waals surface area contributed by atoms with Crippen molar-refractivity contribution in [2.45, 2.75) is 13.5 Å². The maximum atomic E-state index is 11.2. The van der Waals surface area contributed by atoms with Crippen LogP contribution < -0.4 is 0 Å². The van der Waals surface area contributed by atoms with Crippen molar-refractivity contribution >= 4 is 45.8 Å². The lowest BCUT2D eigenvalue weighted by molar-refractivity contribution is -0.608. The molecular weight excluding hydrogens is 300 g/mol. The molecule has 0 fully saturated rings. The number of thioether (sulfide) groups is 1. The molecule has 18 heavy (non-hydrogen) atoms. The van der Waals surface area contributed by atoms with Crippen molar-refractivity contribution in [1.82, 2.24) is 9.99 Å². The third-order valence-corrected chi connectivity index (χ3v) is 3.49. The standard InChI is InChI=1S/C8H9ClN4O3S2/c1-5(14)12(13(15)16)8(17-2)11-4-6-3-10-7(9)18-6/h3H,4H2,1-2H3. The van der Waals surface area contributed by atoms with Crippen LogP contribution in [0.4, 0.5) is 0 Å². The summed E-state index contributed by atoms with van der Waals surface area (Å²) in [4.78, 5) is 30.5. The SMILES string of the molecule is CSC(=NCc1cnc(Cl)s1)N(C(C)=O)[N+](=O)[O-]. The summed E-state index contributed by atoms with van der Waals surface area (Å²) in [5.41, 5.74) is 0. The van der Waals surface area contributed by atoms with Crippen molar-refractivity contribution in [2.24, 2.45) is 4.99 Å². The fraction of sp³-hybridized carbons (Fsp3) is 0.375. The Morgan fingerprint density at radius 3 is 2.83 bits per heavy atom. The van der Waals surface area contributed by atoms with E-state index in [1.165, 1.54) is 11.3 Å². The van der Waals surface area contributed by atoms with Gasteiger partial charge < -0.3 is 0 Å². The molecule has 0 radical (unpaired) electrons. The normalized spacial score (nSPS) is 11.4.